The molecule has 1 aromatic rings. The van der Waals surface area contributed by atoms with Crippen molar-refractivity contribution in [3.05, 3.63) is 18.1 Å². The van der Waals surface area contributed by atoms with Gasteiger partial charge in [-0.05, 0) is 13.3 Å². The third-order valence-corrected chi connectivity index (χ3v) is 2.53. The Kier molecular flexibility index (Phi) is 3.32. The van der Waals surface area contributed by atoms with Gasteiger partial charge in [0.05, 0.1) is 18.5 Å². The Hall–Kier alpha value is -1.67. The zero-order valence-corrected chi connectivity index (χ0v) is 9.26. The second-order valence-electron chi connectivity index (χ2n) is 3.85. The molecule has 0 aromatic carbocycles. The summed E-state index contributed by atoms with van der Waals surface area (Å²) in [5.41, 5.74) is 0.350. The van der Waals surface area contributed by atoms with Crippen LogP contribution in [0.4, 0.5) is 5.82 Å². The standard InChI is InChI=1S/C11H14N4O/c1-9-8-15(3-2-4-16-9)11-7-13-10(5-12)6-14-11/h6-7,9H,2-4,8H2,1H3. The minimum absolute atomic E-state index is 0.208. The van der Waals surface area contributed by atoms with Crippen molar-refractivity contribution in [3.63, 3.8) is 0 Å². The number of rotatable bonds is 1. The molecular weight excluding hydrogens is 204 g/mol. The van der Waals surface area contributed by atoms with Crippen LogP contribution in [-0.4, -0.2) is 35.8 Å². The van der Waals surface area contributed by atoms with E-state index in [0.717, 1.165) is 31.9 Å². The number of aromatic nitrogens is 2. The first kappa shape index (κ1) is 10.8. The van der Waals surface area contributed by atoms with Gasteiger partial charge in [0.2, 0.25) is 0 Å². The first-order valence-corrected chi connectivity index (χ1v) is 5.38. The summed E-state index contributed by atoms with van der Waals surface area (Å²) >= 11 is 0. The average molecular weight is 218 g/mol. The van der Waals surface area contributed by atoms with Crippen LogP contribution in [0.1, 0.15) is 19.0 Å². The van der Waals surface area contributed by atoms with E-state index in [1.54, 1.807) is 6.20 Å². The Morgan fingerprint density at radius 1 is 1.50 bits per heavy atom. The SMILES string of the molecule is CC1CN(c2cnc(C#N)cn2)CCCO1. The maximum absolute atomic E-state index is 8.64. The van der Waals surface area contributed by atoms with Crippen LogP contribution >= 0.6 is 0 Å². The zero-order valence-electron chi connectivity index (χ0n) is 9.26. The topological polar surface area (TPSA) is 62.0 Å². The van der Waals surface area contributed by atoms with Crippen LogP contribution in [-0.2, 0) is 4.74 Å². The Morgan fingerprint density at radius 3 is 3.06 bits per heavy atom. The predicted octanol–water partition coefficient (Wildman–Crippen LogP) is 0.963. The Morgan fingerprint density at radius 2 is 2.38 bits per heavy atom. The molecule has 1 aromatic heterocycles. The number of hydrogen-bond donors (Lipinski definition) is 0. The van der Waals surface area contributed by atoms with Crippen LogP contribution in [0.2, 0.25) is 0 Å². The first-order valence-electron chi connectivity index (χ1n) is 5.38. The van der Waals surface area contributed by atoms with Crippen molar-refractivity contribution in [2.75, 3.05) is 24.6 Å². The van der Waals surface area contributed by atoms with Gasteiger partial charge in [0, 0.05) is 19.7 Å². The maximum Gasteiger partial charge on any atom is 0.158 e. The third-order valence-electron chi connectivity index (χ3n) is 2.53. The number of hydrogen-bond acceptors (Lipinski definition) is 5. The monoisotopic (exact) mass is 218 g/mol. The second-order valence-corrected chi connectivity index (χ2v) is 3.85. The Bertz CT molecular complexity index is 384. The average Bonchev–Trinajstić information content (AvgIpc) is 2.54. The highest BCUT2D eigenvalue weighted by Gasteiger charge is 2.16. The molecule has 0 spiro atoms. The molecular formula is C11H14N4O. The van der Waals surface area contributed by atoms with Crippen molar-refractivity contribution >= 4 is 5.82 Å². The van der Waals surface area contributed by atoms with Crippen molar-refractivity contribution in [1.82, 2.24) is 9.97 Å². The fourth-order valence-electron chi connectivity index (χ4n) is 1.74. The summed E-state index contributed by atoms with van der Waals surface area (Å²) in [4.78, 5) is 10.4. The number of ether oxygens (including phenoxy) is 1. The van der Waals surface area contributed by atoms with E-state index in [1.807, 2.05) is 6.07 Å². The summed E-state index contributed by atoms with van der Waals surface area (Å²) in [6, 6.07) is 1.96. The molecule has 5 heteroatoms. The smallest absolute Gasteiger partial charge is 0.158 e. The van der Waals surface area contributed by atoms with E-state index in [0.29, 0.717) is 5.69 Å². The van der Waals surface area contributed by atoms with Gasteiger partial charge in [0.15, 0.2) is 5.69 Å². The van der Waals surface area contributed by atoms with Crippen molar-refractivity contribution in [3.8, 4) is 6.07 Å². The van der Waals surface area contributed by atoms with Crippen molar-refractivity contribution in [1.29, 1.82) is 5.26 Å². The lowest BCUT2D eigenvalue weighted by atomic mass is 10.3. The van der Waals surface area contributed by atoms with Crippen LogP contribution in [0.15, 0.2) is 12.4 Å². The molecule has 1 aliphatic rings. The summed E-state index contributed by atoms with van der Waals surface area (Å²) in [7, 11) is 0. The largest absolute Gasteiger partial charge is 0.377 e. The molecule has 0 N–H and O–H groups in total. The van der Waals surface area contributed by atoms with E-state index in [1.165, 1.54) is 6.20 Å². The molecule has 0 radical (unpaired) electrons. The van der Waals surface area contributed by atoms with Crippen molar-refractivity contribution < 1.29 is 4.74 Å². The highest BCUT2D eigenvalue weighted by atomic mass is 16.5. The molecule has 84 valence electrons. The molecule has 0 amide bonds. The summed E-state index contributed by atoms with van der Waals surface area (Å²) in [6.45, 7) is 4.59. The van der Waals surface area contributed by atoms with Gasteiger partial charge in [0.1, 0.15) is 11.9 Å². The minimum atomic E-state index is 0.208. The first-order chi connectivity index (χ1) is 7.79. The van der Waals surface area contributed by atoms with Crippen LogP contribution < -0.4 is 4.90 Å². The summed E-state index contributed by atoms with van der Waals surface area (Å²) in [5.74, 6) is 0.816. The molecule has 1 aliphatic heterocycles. The number of anilines is 1. The molecule has 2 rings (SSSR count). The van der Waals surface area contributed by atoms with Crippen molar-refractivity contribution in [2.24, 2.45) is 0 Å². The van der Waals surface area contributed by atoms with Gasteiger partial charge in [0.25, 0.3) is 0 Å². The molecule has 0 aliphatic carbocycles. The lowest BCUT2D eigenvalue weighted by molar-refractivity contribution is 0.0820. The summed E-state index contributed by atoms with van der Waals surface area (Å²) in [6.07, 6.45) is 4.36. The molecule has 5 nitrogen and oxygen atoms in total. The van der Waals surface area contributed by atoms with Gasteiger partial charge in [-0.1, -0.05) is 0 Å². The molecule has 1 unspecified atom stereocenters. The molecule has 0 saturated carbocycles. The van der Waals surface area contributed by atoms with Crippen LogP contribution in [0.5, 0.6) is 0 Å². The maximum atomic E-state index is 8.64. The van der Waals surface area contributed by atoms with Gasteiger partial charge in [-0.3, -0.25) is 0 Å². The lowest BCUT2D eigenvalue weighted by Crippen LogP contribution is -2.30. The van der Waals surface area contributed by atoms with Crippen LogP contribution in [0.3, 0.4) is 0 Å². The van der Waals surface area contributed by atoms with Crippen LogP contribution in [0, 0.1) is 11.3 Å². The fraction of sp³-hybridized carbons (Fsp3) is 0.545. The molecule has 1 fully saturated rings. The third kappa shape index (κ3) is 2.47. The Balaban J connectivity index is 2.12. The van der Waals surface area contributed by atoms with E-state index in [4.69, 9.17) is 10.00 Å². The lowest BCUT2D eigenvalue weighted by Gasteiger charge is -2.22. The second kappa shape index (κ2) is 4.90. The van der Waals surface area contributed by atoms with E-state index >= 15 is 0 Å². The van der Waals surface area contributed by atoms with E-state index in [2.05, 4.69) is 21.8 Å². The van der Waals surface area contributed by atoms with Gasteiger partial charge < -0.3 is 9.64 Å². The molecule has 16 heavy (non-hydrogen) atoms. The Labute approximate surface area is 94.7 Å². The molecule has 2 heterocycles. The molecule has 0 bridgehead atoms. The quantitative estimate of drug-likeness (QED) is 0.702. The fourth-order valence-corrected chi connectivity index (χ4v) is 1.74. The van der Waals surface area contributed by atoms with Gasteiger partial charge in [-0.2, -0.15) is 5.26 Å². The zero-order chi connectivity index (χ0) is 11.4. The van der Waals surface area contributed by atoms with E-state index in [-0.39, 0.29) is 6.10 Å². The highest BCUT2D eigenvalue weighted by Crippen LogP contribution is 2.13. The van der Waals surface area contributed by atoms with Gasteiger partial charge in [-0.25, -0.2) is 9.97 Å². The van der Waals surface area contributed by atoms with Gasteiger partial charge in [-0.15, -0.1) is 0 Å². The van der Waals surface area contributed by atoms with E-state index < -0.39 is 0 Å². The molecule has 1 atom stereocenters. The molecule has 1 saturated heterocycles. The summed E-state index contributed by atoms with van der Waals surface area (Å²) in [5, 5.41) is 8.64. The normalized spacial score (nSPS) is 21.2. The van der Waals surface area contributed by atoms with E-state index in [9.17, 15) is 0 Å². The van der Waals surface area contributed by atoms with Crippen molar-refractivity contribution in [2.45, 2.75) is 19.4 Å². The summed E-state index contributed by atoms with van der Waals surface area (Å²) < 4.78 is 5.56. The number of nitriles is 1. The van der Waals surface area contributed by atoms with Crippen LogP contribution in [0.25, 0.3) is 0 Å². The highest BCUT2D eigenvalue weighted by molar-refractivity contribution is 5.37. The minimum Gasteiger partial charge on any atom is -0.377 e. The number of nitrogens with zero attached hydrogens (tertiary/aromatic N) is 4. The van der Waals surface area contributed by atoms with Gasteiger partial charge >= 0.3 is 0 Å². The predicted molar refractivity (Wildman–Crippen MR) is 59.0 cm³/mol.